The van der Waals surface area contributed by atoms with Gasteiger partial charge in [-0.3, -0.25) is 14.4 Å². The van der Waals surface area contributed by atoms with Gasteiger partial charge in [0, 0.05) is 53.9 Å². The highest BCUT2D eigenvalue weighted by Gasteiger charge is 2.33. The number of anilines is 1. The first-order valence-corrected chi connectivity index (χ1v) is 12.8. The van der Waals surface area contributed by atoms with Crippen molar-refractivity contribution in [3.05, 3.63) is 38.3 Å². The van der Waals surface area contributed by atoms with Gasteiger partial charge in [-0.25, -0.2) is 0 Å². The molecule has 3 aliphatic rings. The van der Waals surface area contributed by atoms with Crippen LogP contribution in [-0.2, 0) is 16.0 Å². The van der Waals surface area contributed by atoms with Gasteiger partial charge in [0.25, 0.3) is 5.91 Å². The van der Waals surface area contributed by atoms with Crippen LogP contribution >= 0.6 is 22.9 Å². The molecule has 0 saturated heterocycles. The minimum Gasteiger partial charge on any atom is -0.360 e. The maximum Gasteiger partial charge on any atom is 0.255 e. The molecule has 172 valence electrons. The van der Waals surface area contributed by atoms with Crippen LogP contribution in [0.4, 0.5) is 5.00 Å². The third-order valence-electron chi connectivity index (χ3n) is 6.87. The molecule has 0 bridgehead atoms. The van der Waals surface area contributed by atoms with Crippen molar-refractivity contribution in [2.45, 2.75) is 71.8 Å². The Bertz CT molecular complexity index is 1010. The molecular formula is C25H31ClN2O3S. The second-order valence-electron chi connectivity index (χ2n) is 9.13. The highest BCUT2D eigenvalue weighted by Crippen LogP contribution is 2.41. The number of allylic oxidation sites excluding steroid dienone is 3. The summed E-state index contributed by atoms with van der Waals surface area (Å²) in [5, 5.41) is 1.62. The molecule has 5 nitrogen and oxygen atoms in total. The monoisotopic (exact) mass is 474 g/mol. The lowest BCUT2D eigenvalue weighted by Gasteiger charge is -2.34. The predicted octanol–water partition coefficient (Wildman–Crippen LogP) is 5.19. The van der Waals surface area contributed by atoms with E-state index in [0.29, 0.717) is 48.2 Å². The first-order valence-electron chi connectivity index (χ1n) is 11.6. The summed E-state index contributed by atoms with van der Waals surface area (Å²) >= 11 is 8.12. The van der Waals surface area contributed by atoms with Gasteiger partial charge in [0.2, 0.25) is 0 Å². The number of ketones is 2. The zero-order valence-corrected chi connectivity index (χ0v) is 20.7. The average molecular weight is 475 g/mol. The number of fused-ring (bicyclic) bond motifs is 1. The molecule has 0 atom stereocenters. The number of aryl methyl sites for hydroxylation is 1. The summed E-state index contributed by atoms with van der Waals surface area (Å²) in [7, 11) is 0. The van der Waals surface area contributed by atoms with Gasteiger partial charge in [-0.1, -0.05) is 17.2 Å². The van der Waals surface area contributed by atoms with Gasteiger partial charge in [0.15, 0.2) is 5.78 Å². The number of hydrogen-bond donors (Lipinski definition) is 0. The van der Waals surface area contributed by atoms with Crippen LogP contribution in [0.5, 0.6) is 0 Å². The number of carbonyl (C=O) groups excluding carboxylic acids is 3. The Balaban J connectivity index is 1.62. The van der Waals surface area contributed by atoms with Crippen molar-refractivity contribution in [3.63, 3.8) is 0 Å². The maximum atomic E-state index is 13.6. The van der Waals surface area contributed by atoms with E-state index >= 15 is 0 Å². The van der Waals surface area contributed by atoms with Gasteiger partial charge < -0.3 is 9.80 Å². The van der Waals surface area contributed by atoms with Crippen LogP contribution in [0.2, 0.25) is 0 Å². The highest BCUT2D eigenvalue weighted by molar-refractivity contribution is 7.16. The van der Waals surface area contributed by atoms with Crippen molar-refractivity contribution in [1.82, 2.24) is 4.90 Å². The molecule has 0 aromatic carbocycles. The molecule has 1 aliphatic heterocycles. The standard InChI is InChI=1S/C25H31ClN2O3S/c1-4-28(17-7-9-18(29)10-8-17)25-16(3)23-22(32-25)6-5-11-27(24(23)31)14-19-20(26)12-15(2)13-21(19)30/h12,17H,4-11,13-14H2,1-3H3. The fourth-order valence-electron chi connectivity index (χ4n) is 5.14. The van der Waals surface area contributed by atoms with Crippen molar-refractivity contribution < 1.29 is 14.4 Å². The number of thiophene rings is 1. The fraction of sp³-hybridized carbons (Fsp3) is 0.560. The predicted molar refractivity (Wildman–Crippen MR) is 130 cm³/mol. The molecule has 0 spiro atoms. The molecule has 1 amide bonds. The van der Waals surface area contributed by atoms with Gasteiger partial charge in [0.05, 0.1) is 17.1 Å². The Kier molecular flexibility index (Phi) is 6.91. The molecule has 2 heterocycles. The first kappa shape index (κ1) is 23.2. The molecule has 0 N–H and O–H groups in total. The van der Waals surface area contributed by atoms with Crippen molar-refractivity contribution in [2.75, 3.05) is 24.5 Å². The molecule has 32 heavy (non-hydrogen) atoms. The van der Waals surface area contributed by atoms with E-state index in [1.165, 1.54) is 0 Å². The van der Waals surface area contributed by atoms with Gasteiger partial charge in [0.1, 0.15) is 5.78 Å². The van der Waals surface area contributed by atoms with Gasteiger partial charge in [-0.2, -0.15) is 0 Å². The van der Waals surface area contributed by atoms with E-state index in [0.717, 1.165) is 58.8 Å². The lowest BCUT2D eigenvalue weighted by atomic mass is 9.93. The summed E-state index contributed by atoms with van der Waals surface area (Å²) < 4.78 is 0. The van der Waals surface area contributed by atoms with Crippen molar-refractivity contribution >= 4 is 45.4 Å². The molecule has 2 aliphatic carbocycles. The number of hydrogen-bond acceptors (Lipinski definition) is 5. The normalized spacial score (nSPS) is 20.4. The Hall–Kier alpha value is -1.92. The average Bonchev–Trinajstić information content (AvgIpc) is 2.97. The summed E-state index contributed by atoms with van der Waals surface area (Å²) in [6.07, 6.45) is 7.02. The number of amides is 1. The minimum atomic E-state index is 0.00316. The Labute approximate surface area is 199 Å². The SMILES string of the molecule is CCN(c1sc2c(c1C)C(=O)N(CC1=C(Cl)C=C(C)CC1=O)CCC2)C1CCC(=O)CC1. The van der Waals surface area contributed by atoms with Crippen LogP contribution < -0.4 is 4.90 Å². The second-order valence-corrected chi connectivity index (χ2v) is 10.6. The molecule has 0 unspecified atom stereocenters. The third kappa shape index (κ3) is 4.44. The smallest absolute Gasteiger partial charge is 0.255 e. The minimum absolute atomic E-state index is 0.00316. The van der Waals surface area contributed by atoms with Gasteiger partial charge in [-0.05, 0) is 58.1 Å². The highest BCUT2D eigenvalue weighted by atomic mass is 35.5. The lowest BCUT2D eigenvalue weighted by molar-refractivity contribution is -0.120. The van der Waals surface area contributed by atoms with Crippen molar-refractivity contribution in [1.29, 1.82) is 0 Å². The molecule has 0 radical (unpaired) electrons. The first-order chi connectivity index (χ1) is 15.3. The van der Waals surface area contributed by atoms with Crippen LogP contribution in [0.15, 0.2) is 22.3 Å². The summed E-state index contributed by atoms with van der Waals surface area (Å²) in [6, 6.07) is 0.351. The van der Waals surface area contributed by atoms with E-state index < -0.39 is 0 Å². The van der Waals surface area contributed by atoms with E-state index in [4.69, 9.17) is 11.6 Å². The quantitative estimate of drug-likeness (QED) is 0.588. The fourth-order valence-corrected chi connectivity index (χ4v) is 6.96. The zero-order chi connectivity index (χ0) is 23.0. The van der Waals surface area contributed by atoms with Crippen LogP contribution in [0, 0.1) is 6.92 Å². The van der Waals surface area contributed by atoms with E-state index in [-0.39, 0.29) is 18.2 Å². The molecule has 1 fully saturated rings. The van der Waals surface area contributed by atoms with Crippen LogP contribution in [0.3, 0.4) is 0 Å². The van der Waals surface area contributed by atoms with Crippen LogP contribution in [0.1, 0.15) is 73.2 Å². The number of rotatable bonds is 5. The Morgan fingerprint density at radius 1 is 1.16 bits per heavy atom. The number of halogens is 1. The molecule has 1 aromatic rings. The van der Waals surface area contributed by atoms with Crippen molar-refractivity contribution in [3.8, 4) is 0 Å². The molecule has 1 saturated carbocycles. The molecule has 7 heteroatoms. The van der Waals surface area contributed by atoms with E-state index in [9.17, 15) is 14.4 Å². The zero-order valence-electron chi connectivity index (χ0n) is 19.1. The summed E-state index contributed by atoms with van der Waals surface area (Å²) in [4.78, 5) is 43.3. The largest absolute Gasteiger partial charge is 0.360 e. The topological polar surface area (TPSA) is 57.7 Å². The Morgan fingerprint density at radius 2 is 1.88 bits per heavy atom. The van der Waals surface area contributed by atoms with Crippen molar-refractivity contribution in [2.24, 2.45) is 0 Å². The summed E-state index contributed by atoms with van der Waals surface area (Å²) in [6.45, 7) is 7.85. The maximum absolute atomic E-state index is 13.6. The number of nitrogens with zero attached hydrogens (tertiary/aromatic N) is 2. The van der Waals surface area contributed by atoms with Gasteiger partial charge >= 0.3 is 0 Å². The van der Waals surface area contributed by atoms with E-state index in [1.807, 2.05) is 19.9 Å². The van der Waals surface area contributed by atoms with Crippen LogP contribution in [0.25, 0.3) is 0 Å². The molecule has 4 rings (SSSR count). The molecule has 1 aromatic heterocycles. The molecular weight excluding hydrogens is 444 g/mol. The van der Waals surface area contributed by atoms with E-state index in [2.05, 4.69) is 11.8 Å². The summed E-state index contributed by atoms with van der Waals surface area (Å²) in [5.74, 6) is 0.375. The van der Waals surface area contributed by atoms with Gasteiger partial charge in [-0.15, -0.1) is 11.3 Å². The summed E-state index contributed by atoms with van der Waals surface area (Å²) in [5.41, 5.74) is 3.34. The van der Waals surface area contributed by atoms with E-state index in [1.54, 1.807) is 16.2 Å². The number of carbonyl (C=O) groups is 3. The third-order valence-corrected chi connectivity index (χ3v) is 8.59. The second kappa shape index (κ2) is 9.52. The van der Waals surface area contributed by atoms with Crippen LogP contribution in [-0.4, -0.2) is 48.0 Å². The lowest BCUT2D eigenvalue weighted by Crippen LogP contribution is -2.38. The Morgan fingerprint density at radius 3 is 2.53 bits per heavy atom. The number of Topliss-reactive ketones (excluding diaryl/α,β-unsaturated/α-hetero) is 2.